The van der Waals surface area contributed by atoms with Crippen LogP contribution in [0.25, 0.3) is 17.2 Å². The van der Waals surface area contributed by atoms with Crippen LogP contribution in [0.15, 0.2) is 49.1 Å². The zero-order valence-electron chi connectivity index (χ0n) is 13.8. The predicted octanol–water partition coefficient (Wildman–Crippen LogP) is 4.32. The first-order chi connectivity index (χ1) is 12.0. The molecule has 4 nitrogen and oxygen atoms in total. The van der Waals surface area contributed by atoms with E-state index in [0.29, 0.717) is 16.7 Å². The van der Waals surface area contributed by atoms with Crippen LogP contribution in [-0.4, -0.2) is 12.6 Å². The Hall–Kier alpha value is -3.39. The molecule has 5 heteroatoms. The van der Waals surface area contributed by atoms with Gasteiger partial charge in [-0.15, -0.1) is 0 Å². The van der Waals surface area contributed by atoms with Gasteiger partial charge in [-0.25, -0.2) is 9.18 Å². The van der Waals surface area contributed by atoms with Crippen LogP contribution < -0.4 is 5.73 Å². The molecule has 0 saturated carbocycles. The molecule has 0 spiro atoms. The second kappa shape index (κ2) is 7.93. The molecular weight excluding hydrogens is 319 g/mol. The van der Waals surface area contributed by atoms with Gasteiger partial charge in [-0.3, -0.25) is 0 Å². The Morgan fingerprint density at radius 1 is 1.36 bits per heavy atom. The van der Waals surface area contributed by atoms with Crippen molar-refractivity contribution >= 4 is 17.7 Å². The number of halogens is 1. The molecule has 0 aliphatic rings. The van der Waals surface area contributed by atoms with Crippen molar-refractivity contribution in [2.75, 3.05) is 12.3 Å². The number of esters is 1. The topological polar surface area (TPSA) is 76.1 Å². The van der Waals surface area contributed by atoms with Gasteiger partial charge in [0.15, 0.2) is 5.82 Å². The first-order valence-electron chi connectivity index (χ1n) is 7.62. The van der Waals surface area contributed by atoms with Crippen LogP contribution >= 0.6 is 0 Å². The third-order valence-electron chi connectivity index (χ3n) is 3.59. The number of allylic oxidation sites excluding steroid dienone is 2. The number of carbonyl (C=O) groups excluding carboxylic acids is 1. The first-order valence-corrected chi connectivity index (χ1v) is 7.62. The van der Waals surface area contributed by atoms with Crippen molar-refractivity contribution in [3.63, 3.8) is 0 Å². The van der Waals surface area contributed by atoms with Crippen LogP contribution in [-0.2, 0) is 4.74 Å². The summed E-state index contributed by atoms with van der Waals surface area (Å²) in [4.78, 5) is 11.8. The van der Waals surface area contributed by atoms with E-state index >= 15 is 0 Å². The maximum Gasteiger partial charge on any atom is 0.340 e. The lowest BCUT2D eigenvalue weighted by Crippen LogP contribution is -2.10. The molecule has 0 aliphatic carbocycles. The van der Waals surface area contributed by atoms with Crippen LogP contribution in [0, 0.1) is 17.1 Å². The summed E-state index contributed by atoms with van der Waals surface area (Å²) in [6, 6.07) is 10.0. The van der Waals surface area contributed by atoms with Crippen molar-refractivity contribution in [1.82, 2.24) is 0 Å². The van der Waals surface area contributed by atoms with Gasteiger partial charge < -0.3 is 10.5 Å². The number of nitrogen functional groups attached to an aromatic ring is 1. The van der Waals surface area contributed by atoms with Crippen LogP contribution in [0.5, 0.6) is 0 Å². The summed E-state index contributed by atoms with van der Waals surface area (Å²) in [5, 5.41) is 9.50. The fraction of sp³-hybridized carbons (Fsp3) is 0.100. The number of nitrogens with zero attached hydrogens (tertiary/aromatic N) is 1. The van der Waals surface area contributed by atoms with Crippen molar-refractivity contribution in [1.29, 1.82) is 5.26 Å². The number of ether oxygens (including phenoxy) is 1. The van der Waals surface area contributed by atoms with Crippen molar-refractivity contribution in [3.8, 4) is 17.2 Å². The second-order valence-corrected chi connectivity index (χ2v) is 5.09. The summed E-state index contributed by atoms with van der Waals surface area (Å²) in [5.41, 5.74) is 6.92. The molecule has 2 rings (SSSR count). The summed E-state index contributed by atoms with van der Waals surface area (Å²) < 4.78 is 19.6. The van der Waals surface area contributed by atoms with E-state index < -0.39 is 11.8 Å². The van der Waals surface area contributed by atoms with Crippen molar-refractivity contribution in [3.05, 3.63) is 71.6 Å². The van der Waals surface area contributed by atoms with E-state index in [1.54, 1.807) is 43.4 Å². The quantitative estimate of drug-likeness (QED) is 0.501. The molecular formula is C20H17FN2O2. The van der Waals surface area contributed by atoms with Crippen molar-refractivity contribution in [2.24, 2.45) is 0 Å². The zero-order valence-corrected chi connectivity index (χ0v) is 13.8. The van der Waals surface area contributed by atoms with E-state index in [4.69, 9.17) is 10.5 Å². The molecule has 126 valence electrons. The summed E-state index contributed by atoms with van der Waals surface area (Å²) in [6.45, 7) is 5.41. The van der Waals surface area contributed by atoms with Gasteiger partial charge in [0, 0.05) is 11.1 Å². The molecule has 0 radical (unpaired) electrons. The number of hydrogen-bond acceptors (Lipinski definition) is 4. The molecule has 2 aromatic rings. The van der Waals surface area contributed by atoms with Gasteiger partial charge in [0.25, 0.3) is 0 Å². The number of benzene rings is 2. The molecule has 0 amide bonds. The molecule has 0 saturated heterocycles. The molecule has 2 N–H and O–H groups in total. The van der Waals surface area contributed by atoms with Crippen LogP contribution in [0.4, 0.5) is 10.1 Å². The van der Waals surface area contributed by atoms with Crippen LogP contribution in [0.1, 0.15) is 28.4 Å². The highest BCUT2D eigenvalue weighted by Gasteiger charge is 2.20. The summed E-state index contributed by atoms with van der Waals surface area (Å²) in [6.07, 6.45) is 4.98. The van der Waals surface area contributed by atoms with Crippen molar-refractivity contribution < 1.29 is 13.9 Å². The van der Waals surface area contributed by atoms with Gasteiger partial charge in [0.2, 0.25) is 0 Å². The Kier molecular flexibility index (Phi) is 5.70. The fourth-order valence-corrected chi connectivity index (χ4v) is 2.42. The van der Waals surface area contributed by atoms with Crippen LogP contribution in [0.3, 0.4) is 0 Å². The van der Waals surface area contributed by atoms with Crippen LogP contribution in [0.2, 0.25) is 0 Å². The lowest BCUT2D eigenvalue weighted by Gasteiger charge is -2.12. The monoisotopic (exact) mass is 336 g/mol. The van der Waals surface area contributed by atoms with Gasteiger partial charge >= 0.3 is 5.97 Å². The average Bonchev–Trinajstić information content (AvgIpc) is 2.62. The number of carbonyl (C=O) groups is 1. The minimum absolute atomic E-state index is 0.0377. The van der Waals surface area contributed by atoms with E-state index in [1.807, 2.05) is 0 Å². The first kappa shape index (κ1) is 18.0. The van der Waals surface area contributed by atoms with E-state index in [9.17, 15) is 14.4 Å². The minimum atomic E-state index is -0.757. The molecule has 2 aromatic carbocycles. The number of anilines is 1. The van der Waals surface area contributed by atoms with E-state index in [2.05, 4.69) is 12.6 Å². The lowest BCUT2D eigenvalue weighted by atomic mass is 9.94. The lowest BCUT2D eigenvalue weighted by molar-refractivity contribution is 0.0527. The maximum atomic E-state index is 14.8. The number of nitriles is 1. The van der Waals surface area contributed by atoms with Gasteiger partial charge in [0.1, 0.15) is 6.07 Å². The van der Waals surface area contributed by atoms with Gasteiger partial charge in [-0.05, 0) is 18.6 Å². The van der Waals surface area contributed by atoms with E-state index in [1.165, 1.54) is 12.1 Å². The molecule has 25 heavy (non-hydrogen) atoms. The van der Waals surface area contributed by atoms with Gasteiger partial charge in [-0.2, -0.15) is 5.26 Å². The molecule has 0 bridgehead atoms. The van der Waals surface area contributed by atoms with Gasteiger partial charge in [-0.1, -0.05) is 49.1 Å². The SMILES string of the molecule is C=C/C=C\c1cccc(-c2ccc(C(=O)OCC)c(N)c2F)c1C#N. The molecule has 0 heterocycles. The molecule has 0 unspecified atom stereocenters. The highest BCUT2D eigenvalue weighted by atomic mass is 19.1. The zero-order chi connectivity index (χ0) is 18.4. The minimum Gasteiger partial charge on any atom is -0.462 e. The van der Waals surface area contributed by atoms with E-state index in [0.717, 1.165) is 0 Å². The Bertz CT molecular complexity index is 895. The van der Waals surface area contributed by atoms with Gasteiger partial charge in [0.05, 0.1) is 23.4 Å². The molecule has 0 atom stereocenters. The largest absolute Gasteiger partial charge is 0.462 e. The average molecular weight is 336 g/mol. The third-order valence-corrected chi connectivity index (χ3v) is 3.59. The Morgan fingerprint density at radius 2 is 2.12 bits per heavy atom. The number of nitrogens with two attached hydrogens (primary N) is 1. The predicted molar refractivity (Wildman–Crippen MR) is 96.2 cm³/mol. The maximum absolute atomic E-state index is 14.8. The summed E-state index contributed by atoms with van der Waals surface area (Å²) >= 11 is 0. The smallest absolute Gasteiger partial charge is 0.340 e. The molecule has 0 aromatic heterocycles. The normalized spacial score (nSPS) is 10.4. The Labute approximate surface area is 145 Å². The standard InChI is InChI=1S/C20H17FN2O2/c1-3-5-7-13-8-6-9-14(17(13)12-22)15-10-11-16(19(23)18(15)21)20(24)25-4-2/h3,5-11H,1,4,23H2,2H3/b7-5-. The second-order valence-electron chi connectivity index (χ2n) is 5.09. The van der Waals surface area contributed by atoms with E-state index in [-0.39, 0.29) is 23.4 Å². The Balaban J connectivity index is 2.62. The number of rotatable bonds is 5. The molecule has 0 fully saturated rings. The summed E-state index contributed by atoms with van der Waals surface area (Å²) in [5.74, 6) is -1.44. The highest BCUT2D eigenvalue weighted by molar-refractivity contribution is 5.96. The van der Waals surface area contributed by atoms with Crippen molar-refractivity contribution in [2.45, 2.75) is 6.92 Å². The number of hydrogen-bond donors (Lipinski definition) is 1. The fourth-order valence-electron chi connectivity index (χ4n) is 2.42. The third kappa shape index (κ3) is 3.59. The highest BCUT2D eigenvalue weighted by Crippen LogP contribution is 2.33. The summed E-state index contributed by atoms with van der Waals surface area (Å²) in [7, 11) is 0. The Morgan fingerprint density at radius 3 is 2.76 bits per heavy atom. The molecule has 0 aliphatic heterocycles.